The number of rotatable bonds is 3. The molecule has 0 radical (unpaired) electrons. The van der Waals surface area contributed by atoms with E-state index in [1.54, 1.807) is 5.57 Å². The fourth-order valence-electron chi connectivity index (χ4n) is 4.35. The quantitative estimate of drug-likeness (QED) is 0.765. The standard InChI is InChI=1S/C20H24N2.ClH/c1-2-3-6-13-9-14-11-15(10-13)19-18(12-14)22-17-8-5-4-7-16(17)20(19)21;/h4-5,7-9,14-15H,2-3,6,10-12H2,1H3,(H2,21,22);1H. The molecule has 2 bridgehead atoms. The summed E-state index contributed by atoms with van der Waals surface area (Å²) in [5.74, 6) is 1.26. The van der Waals surface area contributed by atoms with E-state index in [4.69, 9.17) is 10.7 Å². The lowest BCUT2D eigenvalue weighted by Crippen LogP contribution is -2.24. The molecule has 1 aromatic carbocycles. The largest absolute Gasteiger partial charge is 0.398 e. The third-order valence-electron chi connectivity index (χ3n) is 5.33. The summed E-state index contributed by atoms with van der Waals surface area (Å²) in [5.41, 5.74) is 12.9. The lowest BCUT2D eigenvalue weighted by Gasteiger charge is -2.36. The fourth-order valence-corrected chi connectivity index (χ4v) is 4.35. The van der Waals surface area contributed by atoms with Crippen molar-refractivity contribution in [1.29, 1.82) is 0 Å². The van der Waals surface area contributed by atoms with Crippen molar-refractivity contribution < 1.29 is 0 Å². The summed E-state index contributed by atoms with van der Waals surface area (Å²) in [5, 5.41) is 1.13. The molecule has 2 N–H and O–H groups in total. The number of nitrogens with zero attached hydrogens (tertiary/aromatic N) is 1. The Kier molecular flexibility index (Phi) is 4.63. The molecular weight excluding hydrogens is 304 g/mol. The minimum absolute atomic E-state index is 0. The Balaban J connectivity index is 0.00000156. The van der Waals surface area contributed by atoms with Gasteiger partial charge in [-0.1, -0.05) is 43.2 Å². The van der Waals surface area contributed by atoms with E-state index in [1.165, 1.54) is 43.4 Å². The maximum atomic E-state index is 6.56. The van der Waals surface area contributed by atoms with Gasteiger partial charge in [0.15, 0.2) is 0 Å². The topological polar surface area (TPSA) is 38.9 Å². The average Bonchev–Trinajstić information content (AvgIpc) is 2.52. The molecule has 23 heavy (non-hydrogen) atoms. The molecule has 2 unspecified atom stereocenters. The molecule has 2 aliphatic carbocycles. The van der Waals surface area contributed by atoms with Crippen LogP contribution in [0.25, 0.3) is 10.9 Å². The number of benzene rings is 1. The zero-order chi connectivity index (χ0) is 15.1. The van der Waals surface area contributed by atoms with Gasteiger partial charge in [0.25, 0.3) is 0 Å². The number of nitrogens with two attached hydrogens (primary N) is 1. The molecule has 0 saturated carbocycles. The summed E-state index contributed by atoms with van der Waals surface area (Å²) in [6.07, 6.45) is 9.90. The normalized spacial score (nSPS) is 22.2. The van der Waals surface area contributed by atoms with Gasteiger partial charge in [-0.3, -0.25) is 4.98 Å². The van der Waals surface area contributed by atoms with Crippen LogP contribution < -0.4 is 5.73 Å². The van der Waals surface area contributed by atoms with Gasteiger partial charge in [0, 0.05) is 22.3 Å². The molecule has 0 saturated heterocycles. The highest BCUT2D eigenvalue weighted by Gasteiger charge is 2.33. The first kappa shape index (κ1) is 16.3. The fraction of sp³-hybridized carbons (Fsp3) is 0.450. The lowest BCUT2D eigenvalue weighted by atomic mass is 9.70. The van der Waals surface area contributed by atoms with Gasteiger partial charge in [-0.15, -0.1) is 12.4 Å². The van der Waals surface area contributed by atoms with Gasteiger partial charge in [-0.25, -0.2) is 0 Å². The van der Waals surface area contributed by atoms with Crippen molar-refractivity contribution in [2.45, 2.75) is 51.4 Å². The molecule has 4 rings (SSSR count). The first-order valence-corrected chi connectivity index (χ1v) is 8.62. The minimum Gasteiger partial charge on any atom is -0.398 e. The number of nitrogen functional groups attached to an aromatic ring is 1. The molecule has 0 fully saturated rings. The van der Waals surface area contributed by atoms with E-state index in [1.807, 2.05) is 6.07 Å². The molecular formula is C20H25ClN2. The van der Waals surface area contributed by atoms with Crippen LogP contribution in [0.15, 0.2) is 35.9 Å². The highest BCUT2D eigenvalue weighted by atomic mass is 35.5. The molecule has 0 amide bonds. The lowest BCUT2D eigenvalue weighted by molar-refractivity contribution is 0.426. The Morgan fingerprint density at radius 2 is 2.04 bits per heavy atom. The average molecular weight is 329 g/mol. The second-order valence-corrected chi connectivity index (χ2v) is 6.93. The van der Waals surface area contributed by atoms with Crippen LogP contribution in [0.4, 0.5) is 5.69 Å². The van der Waals surface area contributed by atoms with Gasteiger partial charge in [0.05, 0.1) is 5.52 Å². The van der Waals surface area contributed by atoms with Crippen molar-refractivity contribution in [3.05, 3.63) is 47.2 Å². The Hall–Kier alpha value is -1.54. The SMILES string of the molecule is CCCCC1=CC2Cc3nc4ccccc4c(N)c3C(C1)C2.Cl. The van der Waals surface area contributed by atoms with E-state index >= 15 is 0 Å². The van der Waals surface area contributed by atoms with Crippen molar-refractivity contribution in [1.82, 2.24) is 4.98 Å². The third-order valence-corrected chi connectivity index (χ3v) is 5.33. The molecule has 0 spiro atoms. The Bertz CT molecular complexity index is 751. The van der Waals surface area contributed by atoms with E-state index in [-0.39, 0.29) is 12.4 Å². The Morgan fingerprint density at radius 1 is 1.22 bits per heavy atom. The molecule has 2 aliphatic rings. The van der Waals surface area contributed by atoms with Crippen molar-refractivity contribution in [3.8, 4) is 0 Å². The molecule has 122 valence electrons. The first-order chi connectivity index (χ1) is 10.8. The van der Waals surface area contributed by atoms with Crippen LogP contribution in [0, 0.1) is 5.92 Å². The summed E-state index contributed by atoms with van der Waals surface area (Å²) in [6.45, 7) is 2.27. The van der Waals surface area contributed by atoms with E-state index in [0.717, 1.165) is 23.0 Å². The molecule has 2 aromatic rings. The maximum Gasteiger partial charge on any atom is 0.0726 e. The Labute approximate surface area is 144 Å². The summed E-state index contributed by atoms with van der Waals surface area (Å²) in [6, 6.07) is 8.30. The van der Waals surface area contributed by atoms with Gasteiger partial charge >= 0.3 is 0 Å². The molecule has 0 aliphatic heterocycles. The molecule has 2 nitrogen and oxygen atoms in total. The van der Waals surface area contributed by atoms with Crippen LogP contribution in [-0.4, -0.2) is 4.98 Å². The predicted molar refractivity (Wildman–Crippen MR) is 100 cm³/mol. The highest BCUT2D eigenvalue weighted by Crippen LogP contribution is 2.47. The number of hydrogen-bond acceptors (Lipinski definition) is 2. The number of unbranched alkanes of at least 4 members (excludes halogenated alkanes) is 1. The minimum atomic E-state index is 0. The van der Waals surface area contributed by atoms with E-state index in [0.29, 0.717) is 11.8 Å². The number of hydrogen-bond donors (Lipinski definition) is 1. The van der Waals surface area contributed by atoms with E-state index in [9.17, 15) is 0 Å². The first-order valence-electron chi connectivity index (χ1n) is 8.62. The van der Waals surface area contributed by atoms with Crippen molar-refractivity contribution >= 4 is 29.0 Å². The zero-order valence-corrected chi connectivity index (χ0v) is 14.5. The van der Waals surface area contributed by atoms with Crippen molar-refractivity contribution in [2.75, 3.05) is 5.73 Å². The van der Waals surface area contributed by atoms with E-state index < -0.39 is 0 Å². The van der Waals surface area contributed by atoms with Gasteiger partial charge in [-0.2, -0.15) is 0 Å². The number of aromatic nitrogens is 1. The zero-order valence-electron chi connectivity index (χ0n) is 13.7. The van der Waals surface area contributed by atoms with Crippen LogP contribution in [-0.2, 0) is 6.42 Å². The molecule has 1 aromatic heterocycles. The third kappa shape index (κ3) is 2.85. The highest BCUT2D eigenvalue weighted by molar-refractivity contribution is 5.92. The van der Waals surface area contributed by atoms with Crippen LogP contribution in [0.1, 0.15) is 56.2 Å². The van der Waals surface area contributed by atoms with Crippen LogP contribution in [0.3, 0.4) is 0 Å². The maximum absolute atomic E-state index is 6.56. The van der Waals surface area contributed by atoms with Gasteiger partial charge in [0.1, 0.15) is 0 Å². The van der Waals surface area contributed by atoms with Gasteiger partial charge < -0.3 is 5.73 Å². The Morgan fingerprint density at radius 3 is 2.87 bits per heavy atom. The van der Waals surface area contributed by atoms with Crippen molar-refractivity contribution in [3.63, 3.8) is 0 Å². The molecule has 3 heteroatoms. The summed E-state index contributed by atoms with van der Waals surface area (Å²) >= 11 is 0. The van der Waals surface area contributed by atoms with Gasteiger partial charge in [-0.05, 0) is 50.0 Å². The number of fused-ring (bicyclic) bond motifs is 5. The number of allylic oxidation sites excluding steroid dienone is 2. The number of para-hydroxylation sites is 1. The van der Waals surface area contributed by atoms with E-state index in [2.05, 4.69) is 31.2 Å². The summed E-state index contributed by atoms with van der Waals surface area (Å²) in [4.78, 5) is 4.94. The number of anilines is 1. The predicted octanol–water partition coefficient (Wildman–Crippen LogP) is 5.41. The second kappa shape index (κ2) is 6.52. The van der Waals surface area contributed by atoms with Crippen LogP contribution in [0.2, 0.25) is 0 Å². The second-order valence-electron chi connectivity index (χ2n) is 6.93. The smallest absolute Gasteiger partial charge is 0.0726 e. The van der Waals surface area contributed by atoms with Gasteiger partial charge in [0.2, 0.25) is 0 Å². The monoisotopic (exact) mass is 328 g/mol. The number of halogens is 1. The van der Waals surface area contributed by atoms with Crippen molar-refractivity contribution in [2.24, 2.45) is 5.92 Å². The van der Waals surface area contributed by atoms with Crippen LogP contribution in [0.5, 0.6) is 0 Å². The molecule has 2 atom stereocenters. The molecule has 1 heterocycles. The number of pyridine rings is 1. The van der Waals surface area contributed by atoms with Crippen LogP contribution >= 0.6 is 12.4 Å². The summed E-state index contributed by atoms with van der Waals surface area (Å²) < 4.78 is 0. The summed E-state index contributed by atoms with van der Waals surface area (Å²) in [7, 11) is 0.